The Morgan fingerprint density at radius 2 is 1.76 bits per heavy atom. The van der Waals surface area contributed by atoms with Gasteiger partial charge in [0.2, 0.25) is 5.91 Å². The third-order valence-corrected chi connectivity index (χ3v) is 4.42. The summed E-state index contributed by atoms with van der Waals surface area (Å²) in [5.74, 6) is -0.967. The average molecular weight is 389 g/mol. The van der Waals surface area contributed by atoms with Gasteiger partial charge in [-0.3, -0.25) is 25.2 Å². The maximum absolute atomic E-state index is 12.6. The molecule has 0 bridgehead atoms. The molecule has 8 nitrogen and oxygen atoms in total. The van der Waals surface area contributed by atoms with Gasteiger partial charge in [-0.2, -0.15) is 10.4 Å². The van der Waals surface area contributed by atoms with Crippen molar-refractivity contribution >= 4 is 22.6 Å². The molecule has 2 N–H and O–H groups in total. The van der Waals surface area contributed by atoms with E-state index >= 15 is 0 Å². The summed E-state index contributed by atoms with van der Waals surface area (Å²) in [7, 11) is 0. The summed E-state index contributed by atoms with van der Waals surface area (Å²) in [6, 6.07) is 15.7. The number of nitrogens with one attached hydrogen (secondary N) is 2. The van der Waals surface area contributed by atoms with Gasteiger partial charge in [0.1, 0.15) is 0 Å². The van der Waals surface area contributed by atoms with Crippen molar-refractivity contribution in [3.05, 3.63) is 75.7 Å². The molecule has 1 aromatic heterocycles. The highest BCUT2D eigenvalue weighted by Crippen LogP contribution is 2.13. The molecule has 1 heterocycles. The molecule has 0 saturated carbocycles. The van der Waals surface area contributed by atoms with Gasteiger partial charge in [-0.25, -0.2) is 4.68 Å². The number of amides is 2. The largest absolute Gasteiger partial charge is 0.290 e. The molecule has 0 aliphatic heterocycles. The van der Waals surface area contributed by atoms with E-state index in [4.69, 9.17) is 5.26 Å². The Labute approximate surface area is 166 Å². The van der Waals surface area contributed by atoms with Gasteiger partial charge in [-0.05, 0) is 37.1 Å². The highest BCUT2D eigenvalue weighted by atomic mass is 16.2. The van der Waals surface area contributed by atoms with Crippen molar-refractivity contribution in [1.82, 2.24) is 20.6 Å². The van der Waals surface area contributed by atoms with Gasteiger partial charge >= 0.3 is 0 Å². The van der Waals surface area contributed by atoms with Crippen LogP contribution >= 0.6 is 0 Å². The summed E-state index contributed by atoms with van der Waals surface area (Å²) in [6.45, 7) is 2.08. The minimum Gasteiger partial charge on any atom is -0.273 e. The number of carbonyl (C=O) groups excluding carboxylic acids is 2. The Bertz CT molecular complexity index is 1160. The maximum atomic E-state index is 12.6. The van der Waals surface area contributed by atoms with E-state index in [2.05, 4.69) is 16.0 Å². The molecule has 0 atom stereocenters. The van der Waals surface area contributed by atoms with Crippen molar-refractivity contribution in [3.63, 3.8) is 0 Å². The number of carbonyl (C=O) groups is 2. The Morgan fingerprint density at radius 3 is 2.41 bits per heavy atom. The number of aromatic nitrogens is 2. The van der Waals surface area contributed by atoms with Crippen LogP contribution in [-0.4, -0.2) is 21.6 Å². The molecule has 0 saturated heterocycles. The van der Waals surface area contributed by atoms with Crippen LogP contribution in [0.2, 0.25) is 0 Å². The summed E-state index contributed by atoms with van der Waals surface area (Å²) in [6.07, 6.45) is 0.629. The fourth-order valence-corrected chi connectivity index (χ4v) is 2.87. The predicted molar refractivity (Wildman–Crippen MR) is 107 cm³/mol. The van der Waals surface area contributed by atoms with Crippen LogP contribution in [0.3, 0.4) is 0 Å². The molecule has 3 rings (SSSR count). The van der Waals surface area contributed by atoms with Crippen molar-refractivity contribution in [2.45, 2.75) is 26.3 Å². The second-order valence-electron chi connectivity index (χ2n) is 6.33. The van der Waals surface area contributed by atoms with Gasteiger partial charge in [-0.15, -0.1) is 0 Å². The molecular formula is C21H19N5O3. The number of hydrogen-bond donors (Lipinski definition) is 2. The Balaban J connectivity index is 1.66. The average Bonchev–Trinajstić information content (AvgIpc) is 2.76. The van der Waals surface area contributed by atoms with Crippen LogP contribution in [0.5, 0.6) is 0 Å². The van der Waals surface area contributed by atoms with Gasteiger partial charge in [0.15, 0.2) is 5.69 Å². The monoisotopic (exact) mass is 389 g/mol. The first-order chi connectivity index (χ1) is 14.0. The third-order valence-electron chi connectivity index (χ3n) is 4.42. The molecule has 2 aromatic carbocycles. The third kappa shape index (κ3) is 4.47. The fourth-order valence-electron chi connectivity index (χ4n) is 2.87. The molecule has 0 aliphatic rings. The zero-order valence-electron chi connectivity index (χ0n) is 15.8. The lowest BCUT2D eigenvalue weighted by atomic mass is 10.1. The smallest absolute Gasteiger partial charge is 0.273 e. The zero-order valence-corrected chi connectivity index (χ0v) is 15.8. The van der Waals surface area contributed by atoms with Crippen LogP contribution in [0.4, 0.5) is 0 Å². The van der Waals surface area contributed by atoms with E-state index in [1.165, 1.54) is 4.68 Å². The number of nitriles is 1. The Hall–Kier alpha value is -3.99. The summed E-state index contributed by atoms with van der Waals surface area (Å²) in [5, 5.41) is 13.7. The molecule has 3 aromatic rings. The molecule has 0 unspecified atom stereocenters. The van der Waals surface area contributed by atoms with E-state index in [9.17, 15) is 14.4 Å². The zero-order chi connectivity index (χ0) is 20.8. The lowest BCUT2D eigenvalue weighted by molar-refractivity contribution is -0.121. The first-order valence-corrected chi connectivity index (χ1v) is 9.11. The first-order valence-electron chi connectivity index (χ1n) is 9.11. The van der Waals surface area contributed by atoms with Gasteiger partial charge in [0.25, 0.3) is 11.5 Å². The van der Waals surface area contributed by atoms with Crippen LogP contribution in [0.25, 0.3) is 10.8 Å². The van der Waals surface area contributed by atoms with Crippen LogP contribution in [0, 0.1) is 11.3 Å². The molecule has 0 aliphatic carbocycles. The summed E-state index contributed by atoms with van der Waals surface area (Å²) in [4.78, 5) is 37.0. The van der Waals surface area contributed by atoms with Crippen molar-refractivity contribution in [3.8, 4) is 6.07 Å². The molecular weight excluding hydrogens is 370 g/mol. The van der Waals surface area contributed by atoms with Crippen LogP contribution in [-0.2, 0) is 17.8 Å². The normalized spacial score (nSPS) is 10.3. The Kier molecular flexibility index (Phi) is 6.00. The second-order valence-corrected chi connectivity index (χ2v) is 6.33. The van der Waals surface area contributed by atoms with Crippen molar-refractivity contribution < 1.29 is 9.59 Å². The van der Waals surface area contributed by atoms with Crippen molar-refractivity contribution in [2.75, 3.05) is 0 Å². The SMILES string of the molecule is CCn1nc(C(=O)NNC(=O)CCc2ccc(C#N)cc2)c2ccccc2c1=O. The summed E-state index contributed by atoms with van der Waals surface area (Å²) in [5.41, 5.74) is 5.99. The van der Waals surface area contributed by atoms with Gasteiger partial charge < -0.3 is 0 Å². The number of nitrogens with zero attached hydrogens (tertiary/aromatic N) is 3. The summed E-state index contributed by atoms with van der Waals surface area (Å²) < 4.78 is 1.21. The van der Waals surface area contributed by atoms with E-state index in [0.717, 1.165) is 5.56 Å². The molecule has 0 spiro atoms. The number of hydrazine groups is 1. The lowest BCUT2D eigenvalue weighted by Gasteiger charge is -2.11. The highest BCUT2D eigenvalue weighted by molar-refractivity contribution is 6.05. The van der Waals surface area contributed by atoms with Gasteiger partial charge in [0, 0.05) is 18.4 Å². The Morgan fingerprint density at radius 1 is 1.07 bits per heavy atom. The molecule has 0 fully saturated rings. The van der Waals surface area contributed by atoms with Crippen molar-refractivity contribution in [1.29, 1.82) is 5.26 Å². The maximum Gasteiger partial charge on any atom is 0.290 e. The standard InChI is InChI=1S/C21H19N5O3/c1-2-26-21(29)17-6-4-3-5-16(17)19(25-26)20(28)24-23-18(27)12-11-14-7-9-15(13-22)10-8-14/h3-10H,2,11-12H2,1H3,(H,23,27)(H,24,28). The second kappa shape index (κ2) is 8.80. The molecule has 29 heavy (non-hydrogen) atoms. The van der Waals surface area contributed by atoms with Crippen LogP contribution in [0.1, 0.15) is 35.0 Å². The molecule has 2 amide bonds. The van der Waals surface area contributed by atoms with Crippen LogP contribution in [0.15, 0.2) is 53.3 Å². The molecule has 8 heteroatoms. The number of benzene rings is 2. The summed E-state index contributed by atoms with van der Waals surface area (Å²) >= 11 is 0. The number of hydrogen-bond acceptors (Lipinski definition) is 5. The minimum absolute atomic E-state index is 0.0643. The first kappa shape index (κ1) is 19.8. The fraction of sp³-hybridized carbons (Fsp3) is 0.190. The minimum atomic E-state index is -0.602. The highest BCUT2D eigenvalue weighted by Gasteiger charge is 2.16. The van der Waals surface area contributed by atoms with E-state index in [-0.39, 0.29) is 23.6 Å². The lowest BCUT2D eigenvalue weighted by Crippen LogP contribution is -2.42. The van der Waals surface area contributed by atoms with E-state index in [1.807, 2.05) is 6.07 Å². The molecule has 146 valence electrons. The quantitative estimate of drug-likeness (QED) is 0.644. The predicted octanol–water partition coefficient (Wildman–Crippen LogP) is 1.68. The molecule has 0 radical (unpaired) electrons. The topological polar surface area (TPSA) is 117 Å². The van der Waals surface area contributed by atoms with Crippen molar-refractivity contribution in [2.24, 2.45) is 0 Å². The van der Waals surface area contributed by atoms with Gasteiger partial charge in [0.05, 0.1) is 17.0 Å². The van der Waals surface area contributed by atoms with E-state index < -0.39 is 5.91 Å². The van der Waals surface area contributed by atoms with E-state index in [1.54, 1.807) is 55.5 Å². The number of aryl methyl sites for hydroxylation is 2. The van der Waals surface area contributed by atoms with E-state index in [0.29, 0.717) is 29.3 Å². The number of rotatable bonds is 5. The van der Waals surface area contributed by atoms with Crippen LogP contribution < -0.4 is 16.4 Å². The number of fused-ring (bicyclic) bond motifs is 1. The van der Waals surface area contributed by atoms with Gasteiger partial charge in [-0.1, -0.05) is 30.3 Å².